The van der Waals surface area contributed by atoms with E-state index >= 15 is 0 Å². The lowest BCUT2D eigenvalue weighted by Gasteiger charge is -2.20. The van der Waals surface area contributed by atoms with E-state index in [4.69, 9.17) is 4.74 Å². The lowest BCUT2D eigenvalue weighted by Crippen LogP contribution is -2.26. The Hall–Kier alpha value is -1.06. The van der Waals surface area contributed by atoms with Crippen molar-refractivity contribution in [2.45, 2.75) is 32.3 Å². The Morgan fingerprint density at radius 3 is 3.05 bits per heavy atom. The van der Waals surface area contributed by atoms with E-state index in [9.17, 15) is 5.11 Å². The maximum atomic E-state index is 10.3. The molecule has 1 aliphatic rings. The molecule has 19 heavy (non-hydrogen) atoms. The normalized spacial score (nSPS) is 21.5. The van der Waals surface area contributed by atoms with Crippen molar-refractivity contribution in [3.05, 3.63) is 29.8 Å². The van der Waals surface area contributed by atoms with Gasteiger partial charge in [-0.2, -0.15) is 0 Å². The monoisotopic (exact) mass is 263 g/mol. The van der Waals surface area contributed by atoms with Crippen LogP contribution in [0.3, 0.4) is 0 Å². The Kier molecular flexibility index (Phi) is 5.23. The lowest BCUT2D eigenvalue weighted by atomic mass is 10.0. The van der Waals surface area contributed by atoms with Crippen molar-refractivity contribution < 1.29 is 9.84 Å². The second kappa shape index (κ2) is 6.92. The van der Waals surface area contributed by atoms with Crippen molar-refractivity contribution in [3.8, 4) is 5.75 Å². The van der Waals surface area contributed by atoms with E-state index in [1.54, 1.807) is 7.11 Å². The van der Waals surface area contributed by atoms with Crippen LogP contribution in [0.5, 0.6) is 5.75 Å². The van der Waals surface area contributed by atoms with Crippen LogP contribution in [0.1, 0.15) is 37.9 Å². The number of ether oxygens (including phenoxy) is 1. The van der Waals surface area contributed by atoms with E-state index < -0.39 is 6.10 Å². The van der Waals surface area contributed by atoms with Crippen LogP contribution < -0.4 is 4.74 Å². The number of β-amino-alcohol motifs (C(OH)–C–C–N with tert-alkyl or cyclic N) is 1. The van der Waals surface area contributed by atoms with Crippen LogP contribution in [-0.4, -0.2) is 36.8 Å². The van der Waals surface area contributed by atoms with Crippen LogP contribution in [0.15, 0.2) is 24.3 Å². The molecule has 3 heteroatoms. The van der Waals surface area contributed by atoms with Gasteiger partial charge in [-0.3, -0.25) is 0 Å². The minimum absolute atomic E-state index is 0.421. The van der Waals surface area contributed by atoms with Crippen molar-refractivity contribution >= 4 is 0 Å². The number of hydrogen-bond acceptors (Lipinski definition) is 3. The summed E-state index contributed by atoms with van der Waals surface area (Å²) in [5.74, 6) is 1.63. The van der Waals surface area contributed by atoms with Gasteiger partial charge in [0.15, 0.2) is 0 Å². The molecule has 1 aromatic rings. The summed E-state index contributed by atoms with van der Waals surface area (Å²) in [5, 5.41) is 10.3. The average Bonchev–Trinajstić information content (AvgIpc) is 2.86. The molecule has 2 atom stereocenters. The van der Waals surface area contributed by atoms with Crippen LogP contribution >= 0.6 is 0 Å². The highest BCUT2D eigenvalue weighted by atomic mass is 16.5. The van der Waals surface area contributed by atoms with Gasteiger partial charge in [-0.1, -0.05) is 25.5 Å². The summed E-state index contributed by atoms with van der Waals surface area (Å²) < 4.78 is 5.20. The molecule has 0 radical (unpaired) electrons. The fourth-order valence-corrected chi connectivity index (χ4v) is 2.92. The zero-order valence-electron chi connectivity index (χ0n) is 12.0. The molecule has 106 valence electrons. The van der Waals surface area contributed by atoms with Crippen molar-refractivity contribution in [1.29, 1.82) is 0 Å². The summed E-state index contributed by atoms with van der Waals surface area (Å²) in [4.78, 5) is 2.38. The number of nitrogens with zero attached hydrogens (tertiary/aromatic N) is 1. The second-order valence-corrected chi connectivity index (χ2v) is 5.50. The Bertz CT molecular complexity index is 394. The van der Waals surface area contributed by atoms with Crippen LogP contribution in [0.4, 0.5) is 0 Å². The van der Waals surface area contributed by atoms with Gasteiger partial charge in [-0.25, -0.2) is 0 Å². The van der Waals surface area contributed by atoms with E-state index in [1.165, 1.54) is 19.3 Å². The molecule has 3 nitrogen and oxygen atoms in total. The van der Waals surface area contributed by atoms with Crippen LogP contribution in [0.2, 0.25) is 0 Å². The summed E-state index contributed by atoms with van der Waals surface area (Å²) in [7, 11) is 1.65. The summed E-state index contributed by atoms with van der Waals surface area (Å²) in [6.07, 6.45) is 3.43. The number of likely N-dealkylation sites (tertiary alicyclic amines) is 1. The molecule has 0 aliphatic carbocycles. The van der Waals surface area contributed by atoms with Crippen LogP contribution in [0, 0.1) is 5.92 Å². The topological polar surface area (TPSA) is 32.7 Å². The molecule has 1 aliphatic heterocycles. The molecule has 0 spiro atoms. The van der Waals surface area contributed by atoms with Crippen molar-refractivity contribution in [2.24, 2.45) is 5.92 Å². The fourth-order valence-electron chi connectivity index (χ4n) is 2.92. The molecule has 2 unspecified atom stereocenters. The van der Waals surface area contributed by atoms with Gasteiger partial charge in [0, 0.05) is 13.1 Å². The van der Waals surface area contributed by atoms with Gasteiger partial charge in [-0.15, -0.1) is 0 Å². The molecule has 1 heterocycles. The lowest BCUT2D eigenvalue weighted by molar-refractivity contribution is 0.123. The van der Waals surface area contributed by atoms with Crippen molar-refractivity contribution in [3.63, 3.8) is 0 Å². The average molecular weight is 263 g/mol. The van der Waals surface area contributed by atoms with E-state index in [1.807, 2.05) is 24.3 Å². The van der Waals surface area contributed by atoms with Gasteiger partial charge in [0.05, 0.1) is 13.2 Å². The molecular formula is C16H25NO2. The molecule has 2 rings (SSSR count). The molecule has 0 aromatic heterocycles. The standard InChI is InChI=1S/C16H25NO2/c1-3-5-13-8-9-17(11-13)12-16(18)14-6-4-7-15(10-14)19-2/h4,6-7,10,13,16,18H,3,5,8-9,11-12H2,1-2H3. The summed E-state index contributed by atoms with van der Waals surface area (Å²) >= 11 is 0. The van der Waals surface area contributed by atoms with Crippen LogP contribution in [0.25, 0.3) is 0 Å². The summed E-state index contributed by atoms with van der Waals surface area (Å²) in [6, 6.07) is 7.72. The number of hydrogen-bond donors (Lipinski definition) is 1. The Balaban J connectivity index is 1.88. The van der Waals surface area contributed by atoms with E-state index in [2.05, 4.69) is 11.8 Å². The first-order valence-electron chi connectivity index (χ1n) is 7.27. The molecule has 1 fully saturated rings. The maximum absolute atomic E-state index is 10.3. The molecule has 1 saturated heterocycles. The quantitative estimate of drug-likeness (QED) is 0.856. The minimum atomic E-state index is -0.421. The zero-order chi connectivity index (χ0) is 13.7. The van der Waals surface area contributed by atoms with Gasteiger partial charge < -0.3 is 14.7 Å². The molecule has 0 bridgehead atoms. The first kappa shape index (κ1) is 14.4. The molecular weight excluding hydrogens is 238 g/mol. The first-order chi connectivity index (χ1) is 9.22. The number of benzene rings is 1. The number of aliphatic hydroxyl groups is 1. The van der Waals surface area contributed by atoms with Crippen LogP contribution in [-0.2, 0) is 0 Å². The van der Waals surface area contributed by atoms with E-state index in [0.29, 0.717) is 0 Å². The predicted molar refractivity (Wildman–Crippen MR) is 77.4 cm³/mol. The third-order valence-corrected chi connectivity index (χ3v) is 3.98. The Morgan fingerprint density at radius 1 is 1.47 bits per heavy atom. The third kappa shape index (κ3) is 3.95. The maximum Gasteiger partial charge on any atom is 0.119 e. The second-order valence-electron chi connectivity index (χ2n) is 5.50. The van der Waals surface area contributed by atoms with Gasteiger partial charge in [0.2, 0.25) is 0 Å². The Morgan fingerprint density at radius 2 is 2.32 bits per heavy atom. The van der Waals surface area contributed by atoms with Gasteiger partial charge >= 0.3 is 0 Å². The van der Waals surface area contributed by atoms with Gasteiger partial charge in [-0.05, 0) is 43.0 Å². The zero-order valence-corrected chi connectivity index (χ0v) is 12.0. The highest BCUT2D eigenvalue weighted by molar-refractivity contribution is 5.29. The number of aliphatic hydroxyl groups excluding tert-OH is 1. The number of methoxy groups -OCH3 is 1. The predicted octanol–water partition coefficient (Wildman–Crippen LogP) is 2.85. The van der Waals surface area contributed by atoms with Gasteiger partial charge in [0.25, 0.3) is 0 Å². The fraction of sp³-hybridized carbons (Fsp3) is 0.625. The SMILES string of the molecule is CCCC1CCN(CC(O)c2cccc(OC)c2)C1. The smallest absolute Gasteiger partial charge is 0.119 e. The van der Waals surface area contributed by atoms with Gasteiger partial charge in [0.1, 0.15) is 5.75 Å². The molecule has 0 saturated carbocycles. The van der Waals surface area contributed by atoms with E-state index in [-0.39, 0.29) is 0 Å². The summed E-state index contributed by atoms with van der Waals surface area (Å²) in [6.45, 7) is 5.22. The van der Waals surface area contributed by atoms with Crippen molar-refractivity contribution in [1.82, 2.24) is 4.90 Å². The highest BCUT2D eigenvalue weighted by Crippen LogP contribution is 2.25. The Labute approximate surface area is 116 Å². The molecule has 1 aromatic carbocycles. The van der Waals surface area contributed by atoms with Crippen molar-refractivity contribution in [2.75, 3.05) is 26.7 Å². The minimum Gasteiger partial charge on any atom is -0.497 e. The first-order valence-corrected chi connectivity index (χ1v) is 7.27. The number of rotatable bonds is 6. The molecule has 1 N–H and O–H groups in total. The highest BCUT2D eigenvalue weighted by Gasteiger charge is 2.23. The third-order valence-electron chi connectivity index (χ3n) is 3.98. The van der Waals surface area contributed by atoms with E-state index in [0.717, 1.165) is 36.9 Å². The molecule has 0 amide bonds. The largest absolute Gasteiger partial charge is 0.497 e. The summed E-state index contributed by atoms with van der Waals surface area (Å²) in [5.41, 5.74) is 0.943.